The van der Waals surface area contributed by atoms with Crippen molar-refractivity contribution >= 4 is 11.6 Å². The van der Waals surface area contributed by atoms with Crippen molar-refractivity contribution in [3.05, 3.63) is 47.2 Å². The number of rotatable bonds is 4. The zero-order valence-electron chi connectivity index (χ0n) is 8.95. The predicted molar refractivity (Wildman–Crippen MR) is 66.5 cm³/mol. The van der Waals surface area contributed by atoms with Crippen molar-refractivity contribution in [1.29, 1.82) is 0 Å². The largest absolute Gasteiger partial charge is 0.461 e. The molecule has 2 nitrogen and oxygen atoms in total. The van der Waals surface area contributed by atoms with Crippen LogP contribution in [0.4, 0.5) is 0 Å². The highest BCUT2D eigenvalue weighted by Crippen LogP contribution is 2.25. The van der Waals surface area contributed by atoms with Crippen LogP contribution in [-0.2, 0) is 6.42 Å². The van der Waals surface area contributed by atoms with Gasteiger partial charge in [-0.3, -0.25) is 0 Å². The molecule has 0 aliphatic heterocycles. The van der Waals surface area contributed by atoms with Crippen LogP contribution in [0.25, 0.3) is 11.3 Å². The summed E-state index contributed by atoms with van der Waals surface area (Å²) in [6.45, 7) is 0.688. The molecule has 1 aromatic heterocycles. The second-order valence-corrected chi connectivity index (χ2v) is 4.10. The number of nitrogens with two attached hydrogens (primary N) is 1. The van der Waals surface area contributed by atoms with Gasteiger partial charge in [0.25, 0.3) is 0 Å². The van der Waals surface area contributed by atoms with E-state index in [0.29, 0.717) is 6.54 Å². The van der Waals surface area contributed by atoms with Gasteiger partial charge in [-0.25, -0.2) is 0 Å². The van der Waals surface area contributed by atoms with Crippen molar-refractivity contribution in [2.45, 2.75) is 12.8 Å². The van der Waals surface area contributed by atoms with Crippen molar-refractivity contribution in [2.75, 3.05) is 6.54 Å². The van der Waals surface area contributed by atoms with Crippen LogP contribution in [0.5, 0.6) is 0 Å². The van der Waals surface area contributed by atoms with Gasteiger partial charge in [-0.15, -0.1) is 0 Å². The summed E-state index contributed by atoms with van der Waals surface area (Å²) in [4.78, 5) is 0. The molecule has 2 aromatic rings. The first kappa shape index (κ1) is 11.2. The normalized spacial score (nSPS) is 10.6. The standard InChI is InChI=1S/C13H14ClNO/c14-11-4-1-3-10(9-11)13-7-6-12(16-13)5-2-8-15/h1,3-4,6-7,9H,2,5,8,15H2. The van der Waals surface area contributed by atoms with Crippen LogP contribution in [0.1, 0.15) is 12.2 Å². The van der Waals surface area contributed by atoms with Gasteiger partial charge >= 0.3 is 0 Å². The van der Waals surface area contributed by atoms with E-state index < -0.39 is 0 Å². The van der Waals surface area contributed by atoms with Crippen molar-refractivity contribution in [2.24, 2.45) is 5.73 Å². The summed E-state index contributed by atoms with van der Waals surface area (Å²) in [5, 5.41) is 0.720. The molecule has 0 spiro atoms. The van der Waals surface area contributed by atoms with E-state index in [1.165, 1.54) is 0 Å². The number of halogens is 1. The molecule has 84 valence electrons. The minimum Gasteiger partial charge on any atom is -0.461 e. The van der Waals surface area contributed by atoms with Crippen molar-refractivity contribution in [3.8, 4) is 11.3 Å². The van der Waals surface area contributed by atoms with Crippen LogP contribution in [0.3, 0.4) is 0 Å². The second-order valence-electron chi connectivity index (χ2n) is 3.67. The smallest absolute Gasteiger partial charge is 0.134 e. The maximum Gasteiger partial charge on any atom is 0.134 e. The van der Waals surface area contributed by atoms with Gasteiger partial charge in [0.05, 0.1) is 0 Å². The fourth-order valence-corrected chi connectivity index (χ4v) is 1.78. The predicted octanol–water partition coefficient (Wildman–Crippen LogP) is 3.49. The highest BCUT2D eigenvalue weighted by Gasteiger charge is 2.04. The summed E-state index contributed by atoms with van der Waals surface area (Å²) in [5.41, 5.74) is 6.46. The molecular formula is C13H14ClNO. The molecule has 0 aliphatic rings. The Morgan fingerprint density at radius 1 is 1.19 bits per heavy atom. The highest BCUT2D eigenvalue weighted by molar-refractivity contribution is 6.30. The second kappa shape index (κ2) is 5.19. The molecule has 2 rings (SSSR count). The third kappa shape index (κ3) is 2.65. The van der Waals surface area contributed by atoms with Gasteiger partial charge in [-0.1, -0.05) is 23.7 Å². The quantitative estimate of drug-likeness (QED) is 0.881. The Hall–Kier alpha value is -1.25. The molecule has 0 unspecified atom stereocenters. The number of hydrogen-bond acceptors (Lipinski definition) is 2. The lowest BCUT2D eigenvalue weighted by Gasteiger charge is -1.98. The summed E-state index contributed by atoms with van der Waals surface area (Å²) < 4.78 is 5.71. The van der Waals surface area contributed by atoms with E-state index in [4.69, 9.17) is 21.8 Å². The maximum atomic E-state index is 5.93. The Morgan fingerprint density at radius 2 is 2.06 bits per heavy atom. The molecule has 1 aromatic carbocycles. The van der Waals surface area contributed by atoms with Crippen LogP contribution in [0.15, 0.2) is 40.8 Å². The molecule has 0 amide bonds. The van der Waals surface area contributed by atoms with Gasteiger partial charge in [0.15, 0.2) is 0 Å². The molecule has 2 N–H and O–H groups in total. The lowest BCUT2D eigenvalue weighted by atomic mass is 10.2. The summed E-state index contributed by atoms with van der Waals surface area (Å²) in [6, 6.07) is 11.6. The minimum absolute atomic E-state index is 0.688. The minimum atomic E-state index is 0.688. The molecule has 0 fully saturated rings. The zero-order chi connectivity index (χ0) is 11.4. The van der Waals surface area contributed by atoms with Crippen LogP contribution in [0, 0.1) is 0 Å². The molecule has 0 aliphatic carbocycles. The molecular weight excluding hydrogens is 222 g/mol. The van der Waals surface area contributed by atoms with E-state index in [2.05, 4.69) is 0 Å². The van der Waals surface area contributed by atoms with E-state index >= 15 is 0 Å². The first-order valence-electron chi connectivity index (χ1n) is 5.34. The van der Waals surface area contributed by atoms with E-state index in [1.807, 2.05) is 36.4 Å². The molecule has 3 heteroatoms. The molecule has 1 heterocycles. The first-order chi connectivity index (χ1) is 7.79. The molecule has 0 saturated carbocycles. The van der Waals surface area contributed by atoms with Gasteiger partial charge in [-0.2, -0.15) is 0 Å². The van der Waals surface area contributed by atoms with E-state index in [9.17, 15) is 0 Å². The first-order valence-corrected chi connectivity index (χ1v) is 5.72. The van der Waals surface area contributed by atoms with Crippen LogP contribution in [-0.4, -0.2) is 6.54 Å². The average molecular weight is 236 g/mol. The Balaban J connectivity index is 2.18. The molecule has 0 bridgehead atoms. The van der Waals surface area contributed by atoms with Gasteiger partial charge < -0.3 is 10.2 Å². The lowest BCUT2D eigenvalue weighted by Crippen LogP contribution is -1.99. The lowest BCUT2D eigenvalue weighted by molar-refractivity contribution is 0.515. The summed E-state index contributed by atoms with van der Waals surface area (Å²) >= 11 is 5.93. The third-order valence-electron chi connectivity index (χ3n) is 2.40. The van der Waals surface area contributed by atoms with Gasteiger partial charge in [0.2, 0.25) is 0 Å². The number of benzene rings is 1. The fourth-order valence-electron chi connectivity index (χ4n) is 1.59. The average Bonchev–Trinajstić information content (AvgIpc) is 2.75. The molecule has 0 saturated heterocycles. The monoisotopic (exact) mass is 235 g/mol. The van der Waals surface area contributed by atoms with Crippen LogP contribution in [0.2, 0.25) is 5.02 Å². The van der Waals surface area contributed by atoms with Crippen molar-refractivity contribution in [3.63, 3.8) is 0 Å². The molecule has 16 heavy (non-hydrogen) atoms. The number of aryl methyl sites for hydroxylation is 1. The van der Waals surface area contributed by atoms with Gasteiger partial charge in [-0.05, 0) is 37.2 Å². The zero-order valence-corrected chi connectivity index (χ0v) is 9.70. The number of furan rings is 1. The maximum absolute atomic E-state index is 5.93. The molecule has 0 atom stereocenters. The van der Waals surface area contributed by atoms with Crippen LogP contribution >= 0.6 is 11.6 Å². The van der Waals surface area contributed by atoms with E-state index in [0.717, 1.165) is 34.9 Å². The Bertz CT molecular complexity index is 464. The van der Waals surface area contributed by atoms with Gasteiger partial charge in [0, 0.05) is 17.0 Å². The Labute approximate surface area is 100 Å². The Kier molecular flexibility index (Phi) is 3.65. The third-order valence-corrected chi connectivity index (χ3v) is 2.63. The van der Waals surface area contributed by atoms with Crippen molar-refractivity contribution in [1.82, 2.24) is 0 Å². The summed E-state index contributed by atoms with van der Waals surface area (Å²) in [7, 11) is 0. The Morgan fingerprint density at radius 3 is 2.81 bits per heavy atom. The summed E-state index contributed by atoms with van der Waals surface area (Å²) in [5.74, 6) is 1.83. The topological polar surface area (TPSA) is 39.2 Å². The summed E-state index contributed by atoms with van der Waals surface area (Å²) in [6.07, 6.45) is 1.83. The SMILES string of the molecule is NCCCc1ccc(-c2cccc(Cl)c2)o1. The van der Waals surface area contributed by atoms with Crippen LogP contribution < -0.4 is 5.73 Å². The number of hydrogen-bond donors (Lipinski definition) is 1. The van der Waals surface area contributed by atoms with E-state index in [1.54, 1.807) is 0 Å². The van der Waals surface area contributed by atoms with Crippen molar-refractivity contribution < 1.29 is 4.42 Å². The fraction of sp³-hybridized carbons (Fsp3) is 0.231. The highest BCUT2D eigenvalue weighted by atomic mass is 35.5. The van der Waals surface area contributed by atoms with E-state index in [-0.39, 0.29) is 0 Å². The van der Waals surface area contributed by atoms with Gasteiger partial charge in [0.1, 0.15) is 11.5 Å². The molecule has 0 radical (unpaired) electrons.